The average Bonchev–Trinajstić information content (AvgIpc) is 3.07. The predicted octanol–water partition coefficient (Wildman–Crippen LogP) is 3.07. The molecule has 3 atom stereocenters. The highest BCUT2D eigenvalue weighted by Crippen LogP contribution is 2.44. The Bertz CT molecular complexity index is 505. The topological polar surface area (TPSA) is 44.4 Å². The molecule has 1 aromatic rings. The lowest BCUT2D eigenvalue weighted by Crippen LogP contribution is -2.42. The molecule has 2 N–H and O–H groups in total. The fraction of sp³-hybridized carbons (Fsp3) is 0.667. The summed E-state index contributed by atoms with van der Waals surface area (Å²) in [6, 6.07) is 3.19. The third-order valence-corrected chi connectivity index (χ3v) is 6.49. The van der Waals surface area contributed by atoms with Crippen LogP contribution in [0.1, 0.15) is 38.3 Å². The van der Waals surface area contributed by atoms with Gasteiger partial charge in [-0.25, -0.2) is 4.79 Å². The molecule has 1 saturated heterocycles. The standard InChI is InChI=1S/C15H23N3OS2/c1-3-16-15(19)18-6-4-11(9-18)17-13-8-10(2)21-14-12(13)5-7-20-14/h5,7,10-11,13,17H,3-4,6,8-9H2,1-2H3,(H,16,19)/t10-,11+,13-/m0/s1. The number of likely N-dealkylation sites (tertiary alicyclic amines) is 1. The summed E-state index contributed by atoms with van der Waals surface area (Å²) in [5.41, 5.74) is 1.46. The van der Waals surface area contributed by atoms with Crippen LogP contribution in [0.15, 0.2) is 15.7 Å². The average molecular weight is 326 g/mol. The highest BCUT2D eigenvalue weighted by Gasteiger charge is 2.31. The lowest BCUT2D eigenvalue weighted by Gasteiger charge is -2.30. The molecule has 3 heterocycles. The van der Waals surface area contributed by atoms with Gasteiger partial charge in [-0.1, -0.05) is 6.92 Å². The molecule has 1 aromatic heterocycles. The number of hydrogen-bond donors (Lipinski definition) is 2. The van der Waals surface area contributed by atoms with E-state index in [9.17, 15) is 4.79 Å². The van der Waals surface area contributed by atoms with Gasteiger partial charge in [-0.3, -0.25) is 0 Å². The second-order valence-electron chi connectivity index (χ2n) is 5.81. The van der Waals surface area contributed by atoms with Gasteiger partial charge in [0.1, 0.15) is 0 Å². The van der Waals surface area contributed by atoms with Crippen LogP contribution in [-0.4, -0.2) is 41.9 Å². The molecule has 21 heavy (non-hydrogen) atoms. The molecule has 6 heteroatoms. The normalized spacial score (nSPS) is 28.5. The van der Waals surface area contributed by atoms with Gasteiger partial charge in [-0.15, -0.1) is 23.1 Å². The van der Waals surface area contributed by atoms with E-state index in [1.807, 2.05) is 34.9 Å². The van der Waals surface area contributed by atoms with Gasteiger partial charge in [-0.05, 0) is 36.8 Å². The van der Waals surface area contributed by atoms with E-state index in [-0.39, 0.29) is 6.03 Å². The van der Waals surface area contributed by atoms with Crippen molar-refractivity contribution in [3.8, 4) is 0 Å². The molecule has 0 bridgehead atoms. The third kappa shape index (κ3) is 3.38. The Labute approximate surface area is 134 Å². The summed E-state index contributed by atoms with van der Waals surface area (Å²) >= 11 is 3.85. The molecule has 0 radical (unpaired) electrons. The van der Waals surface area contributed by atoms with Crippen LogP contribution in [0.5, 0.6) is 0 Å². The molecule has 4 nitrogen and oxygen atoms in total. The van der Waals surface area contributed by atoms with E-state index in [1.54, 1.807) is 0 Å². The largest absolute Gasteiger partial charge is 0.338 e. The summed E-state index contributed by atoms with van der Waals surface area (Å²) < 4.78 is 1.46. The first-order valence-electron chi connectivity index (χ1n) is 7.70. The zero-order valence-corrected chi connectivity index (χ0v) is 14.2. The number of carbonyl (C=O) groups excluding carboxylic acids is 1. The molecule has 0 aromatic carbocycles. The monoisotopic (exact) mass is 325 g/mol. The maximum atomic E-state index is 11.9. The van der Waals surface area contributed by atoms with Gasteiger partial charge in [-0.2, -0.15) is 0 Å². The van der Waals surface area contributed by atoms with Crippen molar-refractivity contribution in [2.24, 2.45) is 0 Å². The minimum absolute atomic E-state index is 0.0746. The van der Waals surface area contributed by atoms with Crippen molar-refractivity contribution in [2.45, 2.75) is 48.2 Å². The summed E-state index contributed by atoms with van der Waals surface area (Å²) in [6.07, 6.45) is 2.22. The molecule has 2 aliphatic rings. The molecule has 0 saturated carbocycles. The van der Waals surface area contributed by atoms with Gasteiger partial charge in [0.2, 0.25) is 0 Å². The van der Waals surface area contributed by atoms with Crippen LogP contribution in [0.25, 0.3) is 0 Å². The Balaban J connectivity index is 1.60. The minimum atomic E-state index is 0.0746. The predicted molar refractivity (Wildman–Crippen MR) is 89.2 cm³/mol. The Morgan fingerprint density at radius 2 is 2.38 bits per heavy atom. The van der Waals surface area contributed by atoms with Crippen LogP contribution in [-0.2, 0) is 0 Å². The Hall–Kier alpha value is -0.720. The fourth-order valence-electron chi connectivity index (χ4n) is 3.14. The lowest BCUT2D eigenvalue weighted by molar-refractivity contribution is 0.208. The summed E-state index contributed by atoms with van der Waals surface area (Å²) in [6.45, 7) is 6.64. The zero-order chi connectivity index (χ0) is 14.8. The van der Waals surface area contributed by atoms with Gasteiger partial charge < -0.3 is 15.5 Å². The molecule has 3 rings (SSSR count). The van der Waals surface area contributed by atoms with Gasteiger partial charge in [0.05, 0.1) is 4.21 Å². The first kappa shape index (κ1) is 15.2. The van der Waals surface area contributed by atoms with Crippen molar-refractivity contribution in [2.75, 3.05) is 19.6 Å². The summed E-state index contributed by atoms with van der Waals surface area (Å²) in [7, 11) is 0. The lowest BCUT2D eigenvalue weighted by atomic mass is 10.0. The van der Waals surface area contributed by atoms with Crippen LogP contribution in [0.2, 0.25) is 0 Å². The van der Waals surface area contributed by atoms with Crippen molar-refractivity contribution < 1.29 is 4.79 Å². The third-order valence-electron chi connectivity index (χ3n) is 4.15. The van der Waals surface area contributed by atoms with Gasteiger partial charge in [0.15, 0.2) is 0 Å². The molecule has 116 valence electrons. The molecule has 1 fully saturated rings. The summed E-state index contributed by atoms with van der Waals surface area (Å²) in [4.78, 5) is 13.8. The zero-order valence-electron chi connectivity index (χ0n) is 12.6. The molecular weight excluding hydrogens is 302 g/mol. The number of nitrogens with one attached hydrogen (secondary N) is 2. The molecule has 0 unspecified atom stereocenters. The molecule has 2 amide bonds. The van der Waals surface area contributed by atoms with Gasteiger partial charge >= 0.3 is 6.03 Å². The quantitative estimate of drug-likeness (QED) is 0.898. The van der Waals surface area contributed by atoms with Crippen molar-refractivity contribution in [3.63, 3.8) is 0 Å². The molecule has 0 spiro atoms. The van der Waals surface area contributed by atoms with Crippen molar-refractivity contribution in [1.29, 1.82) is 0 Å². The maximum absolute atomic E-state index is 11.9. The number of nitrogens with zero attached hydrogens (tertiary/aromatic N) is 1. The van der Waals surface area contributed by atoms with Crippen LogP contribution in [0.3, 0.4) is 0 Å². The highest BCUT2D eigenvalue weighted by atomic mass is 32.2. The number of thiophene rings is 1. The highest BCUT2D eigenvalue weighted by molar-refractivity contribution is 8.01. The van der Waals surface area contributed by atoms with Gasteiger partial charge in [0, 0.05) is 37.0 Å². The van der Waals surface area contributed by atoms with E-state index in [1.165, 1.54) is 16.2 Å². The Morgan fingerprint density at radius 3 is 3.19 bits per heavy atom. The first-order valence-corrected chi connectivity index (χ1v) is 9.46. The molecule has 2 aliphatic heterocycles. The van der Waals surface area contributed by atoms with Gasteiger partial charge in [0.25, 0.3) is 0 Å². The SMILES string of the molecule is CCNC(=O)N1CC[C@@H](N[C@H]2C[C@H](C)Sc3sccc32)C1. The number of urea groups is 1. The van der Waals surface area contributed by atoms with E-state index in [0.29, 0.717) is 23.9 Å². The van der Waals surface area contributed by atoms with Crippen LogP contribution >= 0.6 is 23.1 Å². The first-order chi connectivity index (χ1) is 10.2. The number of fused-ring (bicyclic) bond motifs is 1. The van der Waals surface area contributed by atoms with E-state index >= 15 is 0 Å². The summed E-state index contributed by atoms with van der Waals surface area (Å²) in [5, 5.41) is 9.53. The summed E-state index contributed by atoms with van der Waals surface area (Å²) in [5.74, 6) is 0. The maximum Gasteiger partial charge on any atom is 0.317 e. The molecular formula is C15H23N3OS2. The number of carbonyl (C=O) groups is 1. The molecule has 0 aliphatic carbocycles. The Kier molecular flexibility index (Phi) is 4.76. The second kappa shape index (κ2) is 6.58. The van der Waals surface area contributed by atoms with Crippen LogP contribution in [0.4, 0.5) is 4.79 Å². The van der Waals surface area contributed by atoms with Crippen LogP contribution in [0, 0.1) is 0 Å². The number of hydrogen-bond acceptors (Lipinski definition) is 4. The number of amides is 2. The van der Waals surface area contributed by atoms with Crippen LogP contribution < -0.4 is 10.6 Å². The number of rotatable bonds is 3. The van der Waals surface area contributed by atoms with E-state index < -0.39 is 0 Å². The Morgan fingerprint density at radius 1 is 1.52 bits per heavy atom. The van der Waals surface area contributed by atoms with Crippen molar-refractivity contribution in [1.82, 2.24) is 15.5 Å². The number of thioether (sulfide) groups is 1. The van der Waals surface area contributed by atoms with E-state index in [4.69, 9.17) is 0 Å². The van der Waals surface area contributed by atoms with Crippen molar-refractivity contribution >= 4 is 29.1 Å². The second-order valence-corrected chi connectivity index (χ2v) is 8.44. The minimum Gasteiger partial charge on any atom is -0.338 e. The van der Waals surface area contributed by atoms with E-state index in [2.05, 4.69) is 29.0 Å². The van der Waals surface area contributed by atoms with Crippen molar-refractivity contribution in [3.05, 3.63) is 17.0 Å². The van der Waals surface area contributed by atoms with E-state index in [0.717, 1.165) is 19.5 Å². The fourth-order valence-corrected chi connectivity index (χ4v) is 5.70. The smallest absolute Gasteiger partial charge is 0.317 e.